The number of hydrogen-bond acceptors (Lipinski definition) is 4. The van der Waals surface area contributed by atoms with Crippen LogP contribution in [0.4, 0.5) is 10.5 Å². The van der Waals surface area contributed by atoms with Crippen LogP contribution in [0.15, 0.2) is 36.4 Å². The SMILES string of the molecule is COc1c(NC(=O)N[C@@H]2Cc3ccccc3[C@H]2O)cc(C(C)(C)C)cc1C(C)(C)C#N. The normalized spacial score (nSPS) is 18.1. The number of benzene rings is 2. The largest absolute Gasteiger partial charge is 0.494 e. The predicted octanol–water partition coefficient (Wildman–Crippen LogP) is 4.57. The van der Waals surface area contributed by atoms with E-state index >= 15 is 0 Å². The second-order valence-electron chi connectivity index (χ2n) is 9.64. The number of aliphatic hydroxyl groups excluding tert-OH is 1. The molecule has 164 valence electrons. The fourth-order valence-electron chi connectivity index (χ4n) is 3.93. The van der Waals surface area contributed by atoms with Crippen LogP contribution in [0.1, 0.15) is 63.0 Å². The second-order valence-corrected chi connectivity index (χ2v) is 9.64. The van der Waals surface area contributed by atoms with E-state index in [-0.39, 0.29) is 5.41 Å². The number of fused-ring (bicyclic) bond motifs is 1. The number of nitriles is 1. The molecule has 0 spiro atoms. The Hall–Kier alpha value is -3.04. The summed E-state index contributed by atoms with van der Waals surface area (Å²) in [7, 11) is 1.53. The average Bonchev–Trinajstić information content (AvgIpc) is 3.02. The molecule has 0 radical (unpaired) electrons. The van der Waals surface area contributed by atoms with Crippen molar-refractivity contribution in [2.24, 2.45) is 0 Å². The van der Waals surface area contributed by atoms with Gasteiger partial charge in [0.15, 0.2) is 0 Å². The van der Waals surface area contributed by atoms with Gasteiger partial charge in [0.1, 0.15) is 5.75 Å². The molecule has 2 aromatic rings. The van der Waals surface area contributed by atoms with Gasteiger partial charge in [0, 0.05) is 5.56 Å². The third kappa shape index (κ3) is 4.52. The first-order chi connectivity index (χ1) is 14.5. The average molecular weight is 422 g/mol. The third-order valence-electron chi connectivity index (χ3n) is 5.87. The first kappa shape index (κ1) is 22.6. The minimum Gasteiger partial charge on any atom is -0.494 e. The Kier molecular flexibility index (Phi) is 6.02. The zero-order valence-electron chi connectivity index (χ0n) is 19.0. The summed E-state index contributed by atoms with van der Waals surface area (Å²) in [6.07, 6.45) is -0.186. The lowest BCUT2D eigenvalue weighted by molar-refractivity contribution is 0.145. The van der Waals surface area contributed by atoms with E-state index in [9.17, 15) is 15.2 Å². The molecule has 2 amide bonds. The molecule has 0 saturated carbocycles. The smallest absolute Gasteiger partial charge is 0.319 e. The number of nitrogens with zero attached hydrogens (tertiary/aromatic N) is 1. The highest BCUT2D eigenvalue weighted by Gasteiger charge is 2.33. The lowest BCUT2D eigenvalue weighted by atomic mass is 9.79. The van der Waals surface area contributed by atoms with Gasteiger partial charge in [-0.2, -0.15) is 5.26 Å². The first-order valence-corrected chi connectivity index (χ1v) is 10.5. The fraction of sp³-hybridized carbons (Fsp3) is 0.440. The molecule has 0 aromatic heterocycles. The van der Waals surface area contributed by atoms with E-state index in [0.29, 0.717) is 23.4 Å². The molecular formula is C25H31N3O3. The van der Waals surface area contributed by atoms with Gasteiger partial charge < -0.3 is 20.5 Å². The molecule has 0 aliphatic heterocycles. The lowest BCUT2D eigenvalue weighted by Crippen LogP contribution is -2.40. The summed E-state index contributed by atoms with van der Waals surface area (Å²) < 4.78 is 5.63. The summed E-state index contributed by atoms with van der Waals surface area (Å²) in [5, 5.41) is 26.1. The number of amides is 2. The molecule has 2 atom stereocenters. The molecule has 6 nitrogen and oxygen atoms in total. The van der Waals surface area contributed by atoms with Crippen LogP contribution in [0.5, 0.6) is 5.75 Å². The summed E-state index contributed by atoms with van der Waals surface area (Å²) in [6.45, 7) is 9.89. The van der Waals surface area contributed by atoms with Crippen molar-refractivity contribution in [3.63, 3.8) is 0 Å². The van der Waals surface area contributed by atoms with Crippen LogP contribution in [0, 0.1) is 11.3 Å². The van der Waals surface area contributed by atoms with Crippen LogP contribution in [0.3, 0.4) is 0 Å². The summed E-state index contributed by atoms with van der Waals surface area (Å²) in [5.41, 5.74) is 3.08. The molecule has 31 heavy (non-hydrogen) atoms. The van der Waals surface area contributed by atoms with Gasteiger partial charge in [-0.3, -0.25) is 0 Å². The van der Waals surface area contributed by atoms with E-state index in [1.165, 1.54) is 7.11 Å². The van der Waals surface area contributed by atoms with E-state index in [0.717, 1.165) is 16.7 Å². The van der Waals surface area contributed by atoms with Gasteiger partial charge in [-0.05, 0) is 54.5 Å². The van der Waals surface area contributed by atoms with Crippen LogP contribution in [0.25, 0.3) is 0 Å². The highest BCUT2D eigenvalue weighted by atomic mass is 16.5. The van der Waals surface area contributed by atoms with Gasteiger partial charge in [-0.25, -0.2) is 4.79 Å². The van der Waals surface area contributed by atoms with Crippen molar-refractivity contribution in [1.82, 2.24) is 5.32 Å². The summed E-state index contributed by atoms with van der Waals surface area (Å²) >= 11 is 0. The zero-order valence-corrected chi connectivity index (χ0v) is 19.0. The van der Waals surface area contributed by atoms with Crippen LogP contribution in [-0.4, -0.2) is 24.3 Å². The van der Waals surface area contributed by atoms with Crippen molar-refractivity contribution in [3.8, 4) is 11.8 Å². The van der Waals surface area contributed by atoms with Gasteiger partial charge >= 0.3 is 6.03 Å². The number of ether oxygens (including phenoxy) is 1. The third-order valence-corrected chi connectivity index (χ3v) is 5.87. The Morgan fingerprint density at radius 2 is 1.87 bits per heavy atom. The Morgan fingerprint density at radius 1 is 1.19 bits per heavy atom. The van der Waals surface area contributed by atoms with Crippen LogP contribution in [-0.2, 0) is 17.3 Å². The number of carbonyl (C=O) groups excluding carboxylic acids is 1. The molecule has 0 bridgehead atoms. The first-order valence-electron chi connectivity index (χ1n) is 10.5. The molecule has 0 unspecified atom stereocenters. The highest BCUT2D eigenvalue weighted by molar-refractivity contribution is 5.92. The molecule has 3 N–H and O–H groups in total. The molecule has 0 heterocycles. The maximum absolute atomic E-state index is 12.9. The number of aliphatic hydroxyl groups is 1. The molecular weight excluding hydrogens is 390 g/mol. The lowest BCUT2D eigenvalue weighted by Gasteiger charge is -2.27. The molecule has 3 rings (SSSR count). The maximum Gasteiger partial charge on any atom is 0.319 e. The molecule has 1 aliphatic rings. The molecule has 6 heteroatoms. The number of methoxy groups -OCH3 is 1. The van der Waals surface area contributed by atoms with Gasteiger partial charge in [-0.15, -0.1) is 0 Å². The number of carbonyl (C=O) groups is 1. The quantitative estimate of drug-likeness (QED) is 0.674. The topological polar surface area (TPSA) is 94.4 Å². The number of urea groups is 1. The number of hydrogen-bond donors (Lipinski definition) is 3. The minimum atomic E-state index is -0.803. The second kappa shape index (κ2) is 8.24. The minimum absolute atomic E-state index is 0.192. The van der Waals surface area contributed by atoms with Crippen LogP contribution in [0.2, 0.25) is 0 Å². The van der Waals surface area contributed by atoms with E-state index in [1.807, 2.05) is 50.2 Å². The summed E-state index contributed by atoms with van der Waals surface area (Å²) in [4.78, 5) is 12.9. The maximum atomic E-state index is 12.9. The Bertz CT molecular complexity index is 1030. The van der Waals surface area contributed by atoms with Gasteiger partial charge in [-0.1, -0.05) is 45.0 Å². The Morgan fingerprint density at radius 3 is 2.45 bits per heavy atom. The van der Waals surface area contributed by atoms with Crippen molar-refractivity contribution in [3.05, 3.63) is 58.7 Å². The Labute approximate surface area is 184 Å². The van der Waals surface area contributed by atoms with Crippen LogP contribution >= 0.6 is 0 Å². The summed E-state index contributed by atoms with van der Waals surface area (Å²) in [5.74, 6) is 0.463. The van der Waals surface area contributed by atoms with Gasteiger partial charge in [0.25, 0.3) is 0 Å². The van der Waals surface area contributed by atoms with Crippen molar-refractivity contribution in [2.45, 2.75) is 64.0 Å². The fourth-order valence-corrected chi connectivity index (χ4v) is 3.93. The number of nitrogens with one attached hydrogen (secondary N) is 2. The zero-order chi connectivity index (χ0) is 23.0. The number of rotatable bonds is 4. The van der Waals surface area contributed by atoms with Gasteiger partial charge in [0.05, 0.1) is 36.4 Å². The monoisotopic (exact) mass is 421 g/mol. The van der Waals surface area contributed by atoms with Crippen molar-refractivity contribution in [1.29, 1.82) is 5.26 Å². The van der Waals surface area contributed by atoms with Crippen LogP contribution < -0.4 is 15.4 Å². The van der Waals surface area contributed by atoms with Gasteiger partial charge in [0.2, 0.25) is 0 Å². The molecule has 2 aromatic carbocycles. The Balaban J connectivity index is 1.91. The van der Waals surface area contributed by atoms with Crippen molar-refractivity contribution in [2.75, 3.05) is 12.4 Å². The predicted molar refractivity (Wildman–Crippen MR) is 121 cm³/mol. The van der Waals surface area contributed by atoms with E-state index in [4.69, 9.17) is 4.74 Å². The van der Waals surface area contributed by atoms with E-state index in [2.05, 4.69) is 37.5 Å². The van der Waals surface area contributed by atoms with Crippen molar-refractivity contribution < 1.29 is 14.6 Å². The molecule has 0 fully saturated rings. The van der Waals surface area contributed by atoms with Crippen molar-refractivity contribution >= 4 is 11.7 Å². The number of anilines is 1. The van der Waals surface area contributed by atoms with E-state index in [1.54, 1.807) is 0 Å². The highest BCUT2D eigenvalue weighted by Crippen LogP contribution is 2.41. The molecule has 0 saturated heterocycles. The summed E-state index contributed by atoms with van der Waals surface area (Å²) in [6, 6.07) is 13.0. The van der Waals surface area contributed by atoms with E-state index < -0.39 is 23.6 Å². The molecule has 1 aliphatic carbocycles. The standard InChI is InChI=1S/C25H31N3O3/c1-24(2,3)16-12-18(25(4,5)14-26)22(31-6)20(13-16)28-23(30)27-19-11-15-9-7-8-10-17(15)21(19)29/h7-10,12-13,19,21,29H,11H2,1-6H3,(H2,27,28,30)/t19-,21-/m1/s1.